The van der Waals surface area contributed by atoms with Crippen LogP contribution in [0.1, 0.15) is 57.1 Å². The van der Waals surface area contributed by atoms with Crippen molar-refractivity contribution < 1.29 is 9.21 Å². The van der Waals surface area contributed by atoms with Gasteiger partial charge in [0, 0.05) is 18.5 Å². The summed E-state index contributed by atoms with van der Waals surface area (Å²) in [7, 11) is 0. The first-order valence-electron chi connectivity index (χ1n) is 8.64. The number of halogens is 1. The Labute approximate surface area is 145 Å². The second-order valence-corrected chi connectivity index (χ2v) is 7.20. The number of rotatable bonds is 2. The lowest BCUT2D eigenvalue weighted by Gasteiger charge is -2.40. The zero-order valence-electron chi connectivity index (χ0n) is 14.4. The zero-order valence-corrected chi connectivity index (χ0v) is 15.2. The maximum absolute atomic E-state index is 13.1. The standard InChI is InChI=1S/C18H28N2O2.ClH/c1-12-7-9-20(16(10-12)17-5-4-14(3)22-17)18(21)15-6-8-19-13(2)11-15;/h4-5,12-13,15-16,19H,6-11H2,1-3H3;1H/t12?,13-,15-,16?;/m0./s1. The molecular formula is C18H29ClN2O2. The van der Waals surface area contributed by atoms with Crippen molar-refractivity contribution in [3.8, 4) is 0 Å². The highest BCUT2D eigenvalue weighted by Gasteiger charge is 2.37. The van der Waals surface area contributed by atoms with Gasteiger partial charge in [0.15, 0.2) is 0 Å². The van der Waals surface area contributed by atoms with Gasteiger partial charge in [-0.25, -0.2) is 0 Å². The van der Waals surface area contributed by atoms with Gasteiger partial charge in [-0.3, -0.25) is 4.79 Å². The molecule has 4 nitrogen and oxygen atoms in total. The summed E-state index contributed by atoms with van der Waals surface area (Å²) in [6.07, 6.45) is 4.02. The molecular weight excluding hydrogens is 312 g/mol. The molecule has 0 bridgehead atoms. The van der Waals surface area contributed by atoms with Crippen molar-refractivity contribution in [1.82, 2.24) is 10.2 Å². The molecule has 2 fully saturated rings. The van der Waals surface area contributed by atoms with Gasteiger partial charge < -0.3 is 14.6 Å². The Morgan fingerprint density at radius 3 is 2.70 bits per heavy atom. The zero-order chi connectivity index (χ0) is 15.7. The van der Waals surface area contributed by atoms with Crippen LogP contribution in [0.2, 0.25) is 0 Å². The molecule has 0 radical (unpaired) electrons. The summed E-state index contributed by atoms with van der Waals surface area (Å²) in [5, 5.41) is 3.43. The minimum atomic E-state index is 0. The fourth-order valence-electron chi connectivity index (χ4n) is 3.90. The van der Waals surface area contributed by atoms with E-state index in [1.807, 2.05) is 19.1 Å². The van der Waals surface area contributed by atoms with Crippen LogP contribution in [0.3, 0.4) is 0 Å². The van der Waals surface area contributed by atoms with Crippen molar-refractivity contribution in [2.75, 3.05) is 13.1 Å². The molecule has 1 amide bonds. The fourth-order valence-corrected chi connectivity index (χ4v) is 3.90. The number of likely N-dealkylation sites (tertiary alicyclic amines) is 1. The molecule has 130 valence electrons. The van der Waals surface area contributed by atoms with Gasteiger partial charge in [-0.2, -0.15) is 0 Å². The summed E-state index contributed by atoms with van der Waals surface area (Å²) in [4.78, 5) is 15.2. The summed E-state index contributed by atoms with van der Waals surface area (Å²) in [6, 6.07) is 4.61. The number of carbonyl (C=O) groups excluding carboxylic acids is 1. The summed E-state index contributed by atoms with van der Waals surface area (Å²) in [6.45, 7) is 8.23. The second-order valence-electron chi connectivity index (χ2n) is 7.20. The molecule has 3 rings (SSSR count). The van der Waals surface area contributed by atoms with Crippen molar-refractivity contribution >= 4 is 18.3 Å². The van der Waals surface area contributed by atoms with Gasteiger partial charge in [-0.05, 0) is 64.1 Å². The topological polar surface area (TPSA) is 45.5 Å². The Balaban J connectivity index is 0.00000192. The first-order chi connectivity index (χ1) is 10.5. The minimum absolute atomic E-state index is 0. The monoisotopic (exact) mass is 340 g/mol. The molecule has 0 aliphatic carbocycles. The van der Waals surface area contributed by atoms with Crippen LogP contribution >= 0.6 is 12.4 Å². The van der Waals surface area contributed by atoms with E-state index in [1.165, 1.54) is 0 Å². The normalized spacial score (nSPS) is 31.5. The van der Waals surface area contributed by atoms with Crippen LogP contribution in [0.15, 0.2) is 16.5 Å². The summed E-state index contributed by atoms with van der Waals surface area (Å²) < 4.78 is 5.85. The Bertz CT molecular complexity index is 531. The lowest BCUT2D eigenvalue weighted by Crippen LogP contribution is -2.47. The molecule has 0 aromatic carbocycles. The highest BCUT2D eigenvalue weighted by molar-refractivity contribution is 5.85. The number of piperidine rings is 2. The van der Waals surface area contributed by atoms with E-state index < -0.39 is 0 Å². The van der Waals surface area contributed by atoms with Gasteiger partial charge in [0.25, 0.3) is 0 Å². The van der Waals surface area contributed by atoms with E-state index in [2.05, 4.69) is 24.1 Å². The number of amides is 1. The van der Waals surface area contributed by atoms with Crippen molar-refractivity contribution in [3.05, 3.63) is 23.7 Å². The summed E-state index contributed by atoms with van der Waals surface area (Å²) >= 11 is 0. The van der Waals surface area contributed by atoms with Crippen molar-refractivity contribution in [3.63, 3.8) is 0 Å². The van der Waals surface area contributed by atoms with Crippen LogP contribution in [0, 0.1) is 18.8 Å². The highest BCUT2D eigenvalue weighted by Crippen LogP contribution is 2.36. The largest absolute Gasteiger partial charge is 0.464 e. The second kappa shape index (κ2) is 7.71. The van der Waals surface area contributed by atoms with Crippen LogP contribution in [0.25, 0.3) is 0 Å². The molecule has 4 atom stereocenters. The molecule has 2 unspecified atom stereocenters. The lowest BCUT2D eigenvalue weighted by atomic mass is 9.87. The number of hydrogen-bond donors (Lipinski definition) is 1. The molecule has 0 spiro atoms. The Kier molecular flexibility index (Phi) is 6.15. The lowest BCUT2D eigenvalue weighted by molar-refractivity contribution is -0.142. The number of carbonyl (C=O) groups is 1. The van der Waals surface area contributed by atoms with Crippen LogP contribution in [0.5, 0.6) is 0 Å². The Hall–Kier alpha value is -1.00. The van der Waals surface area contributed by atoms with Crippen molar-refractivity contribution in [2.45, 2.75) is 58.5 Å². The van der Waals surface area contributed by atoms with Crippen LogP contribution in [-0.4, -0.2) is 29.9 Å². The van der Waals surface area contributed by atoms with E-state index in [4.69, 9.17) is 4.42 Å². The van der Waals surface area contributed by atoms with Crippen molar-refractivity contribution in [1.29, 1.82) is 0 Å². The maximum Gasteiger partial charge on any atom is 0.226 e. The Morgan fingerprint density at radius 2 is 2.04 bits per heavy atom. The third-order valence-corrected chi connectivity index (χ3v) is 5.21. The van der Waals surface area contributed by atoms with Crippen LogP contribution in [-0.2, 0) is 4.79 Å². The molecule has 1 N–H and O–H groups in total. The molecule has 2 aliphatic heterocycles. The van der Waals surface area contributed by atoms with Crippen LogP contribution in [0.4, 0.5) is 0 Å². The fraction of sp³-hybridized carbons (Fsp3) is 0.722. The number of nitrogens with zero attached hydrogens (tertiary/aromatic N) is 1. The first kappa shape index (κ1) is 18.3. The predicted molar refractivity (Wildman–Crippen MR) is 93.7 cm³/mol. The third kappa shape index (κ3) is 4.10. The molecule has 2 aliphatic rings. The number of aryl methyl sites for hydroxylation is 1. The van der Waals surface area contributed by atoms with E-state index in [-0.39, 0.29) is 24.4 Å². The van der Waals surface area contributed by atoms with Crippen LogP contribution < -0.4 is 5.32 Å². The molecule has 23 heavy (non-hydrogen) atoms. The SMILES string of the molecule is Cc1ccc(C2CC(C)CCN2C(=O)[C@H]2CCN[C@@H](C)C2)o1.Cl. The quantitative estimate of drug-likeness (QED) is 0.892. The minimum Gasteiger partial charge on any atom is -0.464 e. The molecule has 1 aromatic heterocycles. The summed E-state index contributed by atoms with van der Waals surface area (Å²) in [5.74, 6) is 3.03. The molecule has 2 saturated heterocycles. The van der Waals surface area contributed by atoms with E-state index in [9.17, 15) is 4.79 Å². The van der Waals surface area contributed by atoms with Crippen molar-refractivity contribution in [2.24, 2.45) is 11.8 Å². The molecule has 1 aromatic rings. The highest BCUT2D eigenvalue weighted by atomic mass is 35.5. The third-order valence-electron chi connectivity index (χ3n) is 5.21. The van der Waals surface area contributed by atoms with Gasteiger partial charge >= 0.3 is 0 Å². The molecule has 3 heterocycles. The van der Waals surface area contributed by atoms with E-state index in [1.54, 1.807) is 0 Å². The Morgan fingerprint density at radius 1 is 1.26 bits per heavy atom. The van der Waals surface area contributed by atoms with Gasteiger partial charge in [0.1, 0.15) is 11.5 Å². The molecule has 0 saturated carbocycles. The van der Waals surface area contributed by atoms with E-state index in [0.717, 1.165) is 50.3 Å². The molecule has 5 heteroatoms. The number of nitrogens with one attached hydrogen (secondary N) is 1. The van der Waals surface area contributed by atoms with Gasteiger partial charge in [-0.15, -0.1) is 12.4 Å². The first-order valence-corrected chi connectivity index (χ1v) is 8.64. The van der Waals surface area contributed by atoms with Gasteiger partial charge in [0.05, 0.1) is 6.04 Å². The number of furan rings is 1. The van der Waals surface area contributed by atoms with Gasteiger partial charge in [0.2, 0.25) is 5.91 Å². The average Bonchev–Trinajstić information content (AvgIpc) is 2.93. The average molecular weight is 341 g/mol. The van der Waals surface area contributed by atoms with Gasteiger partial charge in [-0.1, -0.05) is 6.92 Å². The smallest absolute Gasteiger partial charge is 0.226 e. The van der Waals surface area contributed by atoms with E-state index in [0.29, 0.717) is 17.9 Å². The maximum atomic E-state index is 13.1. The van der Waals surface area contributed by atoms with E-state index >= 15 is 0 Å². The number of hydrogen-bond acceptors (Lipinski definition) is 3. The summed E-state index contributed by atoms with van der Waals surface area (Å²) in [5.41, 5.74) is 0. The predicted octanol–water partition coefficient (Wildman–Crippen LogP) is 3.70.